The van der Waals surface area contributed by atoms with Gasteiger partial charge >= 0.3 is 0 Å². The van der Waals surface area contributed by atoms with Crippen molar-refractivity contribution in [3.63, 3.8) is 0 Å². The van der Waals surface area contributed by atoms with Crippen LogP contribution in [0.3, 0.4) is 0 Å². The van der Waals surface area contributed by atoms with E-state index in [1.165, 1.54) is 0 Å². The number of methoxy groups -OCH3 is 1. The summed E-state index contributed by atoms with van der Waals surface area (Å²) < 4.78 is 5.84. The van der Waals surface area contributed by atoms with Gasteiger partial charge in [-0.2, -0.15) is 0 Å². The normalized spacial score (nSPS) is 10.3. The maximum Gasteiger partial charge on any atom is 0.255 e. The monoisotopic (exact) mass is 358 g/mol. The SMILES string of the molecule is COCCN(CCC(N)=S)C(=O)c1ccc(C)cc1Br. The molecule has 6 heteroatoms. The summed E-state index contributed by atoms with van der Waals surface area (Å²) in [5.74, 6) is -0.0508. The van der Waals surface area contributed by atoms with Gasteiger partial charge in [0.15, 0.2) is 0 Å². The lowest BCUT2D eigenvalue weighted by Gasteiger charge is -2.23. The van der Waals surface area contributed by atoms with Gasteiger partial charge in [-0.15, -0.1) is 0 Å². The number of aryl methyl sites for hydroxylation is 1. The maximum absolute atomic E-state index is 12.6. The molecule has 0 aliphatic rings. The van der Waals surface area contributed by atoms with Crippen molar-refractivity contribution in [2.24, 2.45) is 5.73 Å². The third kappa shape index (κ3) is 5.19. The van der Waals surface area contributed by atoms with E-state index in [1.54, 1.807) is 12.0 Å². The second kappa shape index (κ2) is 8.34. The summed E-state index contributed by atoms with van der Waals surface area (Å²) in [6, 6.07) is 5.66. The van der Waals surface area contributed by atoms with Crippen molar-refractivity contribution in [3.8, 4) is 0 Å². The molecule has 20 heavy (non-hydrogen) atoms. The van der Waals surface area contributed by atoms with Crippen molar-refractivity contribution < 1.29 is 9.53 Å². The van der Waals surface area contributed by atoms with Gasteiger partial charge < -0.3 is 15.4 Å². The Morgan fingerprint density at radius 1 is 1.45 bits per heavy atom. The first-order valence-electron chi connectivity index (χ1n) is 6.28. The van der Waals surface area contributed by atoms with E-state index in [0.717, 1.165) is 10.0 Å². The quantitative estimate of drug-likeness (QED) is 0.760. The van der Waals surface area contributed by atoms with Crippen LogP contribution in [0.1, 0.15) is 22.3 Å². The molecule has 1 aromatic carbocycles. The average molecular weight is 359 g/mol. The fourth-order valence-corrected chi connectivity index (χ4v) is 2.48. The maximum atomic E-state index is 12.6. The van der Waals surface area contributed by atoms with Crippen LogP contribution in [0.2, 0.25) is 0 Å². The first-order valence-corrected chi connectivity index (χ1v) is 7.48. The van der Waals surface area contributed by atoms with Crippen molar-refractivity contribution in [3.05, 3.63) is 33.8 Å². The van der Waals surface area contributed by atoms with E-state index >= 15 is 0 Å². The Balaban J connectivity index is 2.87. The lowest BCUT2D eigenvalue weighted by Crippen LogP contribution is -2.36. The molecule has 4 nitrogen and oxygen atoms in total. The van der Waals surface area contributed by atoms with Gasteiger partial charge in [-0.3, -0.25) is 4.79 Å². The van der Waals surface area contributed by atoms with Gasteiger partial charge in [0.05, 0.1) is 17.2 Å². The predicted octanol–water partition coefficient (Wildman–Crippen LogP) is 2.52. The minimum absolute atomic E-state index is 0.0508. The zero-order valence-electron chi connectivity index (χ0n) is 11.7. The molecule has 1 amide bonds. The van der Waals surface area contributed by atoms with Crippen LogP contribution in [0.15, 0.2) is 22.7 Å². The molecule has 0 spiro atoms. The average Bonchev–Trinajstić information content (AvgIpc) is 2.38. The van der Waals surface area contributed by atoms with Crippen LogP contribution in [-0.4, -0.2) is 42.6 Å². The number of halogens is 1. The number of hydrogen-bond donors (Lipinski definition) is 1. The summed E-state index contributed by atoms with van der Waals surface area (Å²) in [6.07, 6.45) is 0.508. The van der Waals surface area contributed by atoms with Gasteiger partial charge in [0.1, 0.15) is 0 Å². The molecule has 110 valence electrons. The number of amides is 1. The molecule has 1 aromatic rings. The summed E-state index contributed by atoms with van der Waals surface area (Å²) in [6.45, 7) is 3.47. The number of ether oxygens (including phenoxy) is 1. The highest BCUT2D eigenvalue weighted by atomic mass is 79.9. The second-order valence-corrected chi connectivity index (χ2v) is 5.86. The number of benzene rings is 1. The first kappa shape index (κ1) is 17.1. The Morgan fingerprint density at radius 2 is 2.15 bits per heavy atom. The molecular formula is C14H19BrN2O2S. The first-order chi connectivity index (χ1) is 9.45. The number of rotatable bonds is 7. The molecule has 1 rings (SSSR count). The second-order valence-electron chi connectivity index (χ2n) is 4.48. The Morgan fingerprint density at radius 3 is 2.70 bits per heavy atom. The van der Waals surface area contributed by atoms with Crippen molar-refractivity contribution in [2.75, 3.05) is 26.8 Å². The Bertz CT molecular complexity index is 494. The van der Waals surface area contributed by atoms with E-state index in [-0.39, 0.29) is 5.91 Å². The minimum atomic E-state index is -0.0508. The van der Waals surface area contributed by atoms with Gasteiger partial charge in [-0.1, -0.05) is 18.3 Å². The number of carbonyl (C=O) groups excluding carboxylic acids is 1. The fraction of sp³-hybridized carbons (Fsp3) is 0.429. The van der Waals surface area contributed by atoms with E-state index in [1.807, 2.05) is 25.1 Å². The van der Waals surface area contributed by atoms with Crippen molar-refractivity contribution in [1.29, 1.82) is 0 Å². The number of nitrogens with zero attached hydrogens (tertiary/aromatic N) is 1. The predicted molar refractivity (Wildman–Crippen MR) is 88.1 cm³/mol. The van der Waals surface area contributed by atoms with Gasteiger partial charge in [0, 0.05) is 31.1 Å². The number of carbonyl (C=O) groups is 1. The van der Waals surface area contributed by atoms with Crippen LogP contribution >= 0.6 is 28.1 Å². The zero-order valence-corrected chi connectivity index (χ0v) is 14.1. The molecule has 0 aromatic heterocycles. The van der Waals surface area contributed by atoms with E-state index in [4.69, 9.17) is 22.7 Å². The highest BCUT2D eigenvalue weighted by Gasteiger charge is 2.18. The highest BCUT2D eigenvalue weighted by molar-refractivity contribution is 9.10. The van der Waals surface area contributed by atoms with Crippen molar-refractivity contribution in [2.45, 2.75) is 13.3 Å². The molecule has 2 N–H and O–H groups in total. The van der Waals surface area contributed by atoms with Crippen LogP contribution in [0.25, 0.3) is 0 Å². The van der Waals surface area contributed by atoms with Crippen molar-refractivity contribution in [1.82, 2.24) is 4.90 Å². The topological polar surface area (TPSA) is 55.6 Å². The van der Waals surface area contributed by atoms with E-state index in [2.05, 4.69) is 15.9 Å². The number of hydrogen-bond acceptors (Lipinski definition) is 3. The van der Waals surface area contributed by atoms with Crippen molar-refractivity contribution >= 4 is 39.0 Å². The molecule has 0 bridgehead atoms. The van der Waals surface area contributed by atoms with Crippen LogP contribution in [0, 0.1) is 6.92 Å². The van der Waals surface area contributed by atoms with Crippen LogP contribution in [-0.2, 0) is 4.74 Å². The standard InChI is InChI=1S/C14H19BrN2O2S/c1-10-3-4-11(12(15)9-10)14(18)17(7-8-19-2)6-5-13(16)20/h3-4,9H,5-8H2,1-2H3,(H2,16,20). The number of nitrogens with two attached hydrogens (primary N) is 1. The fourth-order valence-electron chi connectivity index (χ4n) is 1.73. The zero-order chi connectivity index (χ0) is 15.1. The molecular weight excluding hydrogens is 340 g/mol. The summed E-state index contributed by atoms with van der Waals surface area (Å²) >= 11 is 8.31. The lowest BCUT2D eigenvalue weighted by molar-refractivity contribution is 0.0700. The molecule has 0 radical (unpaired) electrons. The molecule has 0 aliphatic carbocycles. The van der Waals surface area contributed by atoms with E-state index < -0.39 is 0 Å². The summed E-state index contributed by atoms with van der Waals surface area (Å²) in [7, 11) is 1.61. The van der Waals surface area contributed by atoms with E-state index in [0.29, 0.717) is 36.7 Å². The molecule has 0 heterocycles. The Hall–Kier alpha value is -0.980. The third-order valence-electron chi connectivity index (χ3n) is 2.84. The summed E-state index contributed by atoms with van der Waals surface area (Å²) in [4.78, 5) is 14.7. The smallest absolute Gasteiger partial charge is 0.255 e. The van der Waals surface area contributed by atoms with Gasteiger partial charge in [0.25, 0.3) is 5.91 Å². The third-order valence-corrected chi connectivity index (χ3v) is 3.70. The molecule has 0 unspecified atom stereocenters. The van der Waals surface area contributed by atoms with Crippen LogP contribution < -0.4 is 5.73 Å². The highest BCUT2D eigenvalue weighted by Crippen LogP contribution is 2.20. The van der Waals surface area contributed by atoms with Gasteiger partial charge in [-0.25, -0.2) is 0 Å². The minimum Gasteiger partial charge on any atom is -0.393 e. The Labute approximate surface area is 133 Å². The lowest BCUT2D eigenvalue weighted by atomic mass is 10.1. The Kier molecular flexibility index (Phi) is 7.12. The molecule has 0 aliphatic heterocycles. The summed E-state index contributed by atoms with van der Waals surface area (Å²) in [5.41, 5.74) is 7.24. The van der Waals surface area contributed by atoms with Gasteiger partial charge in [-0.05, 0) is 40.5 Å². The molecule has 0 saturated carbocycles. The van der Waals surface area contributed by atoms with Crippen LogP contribution in [0.5, 0.6) is 0 Å². The molecule has 0 fully saturated rings. The molecule has 0 saturated heterocycles. The number of thiocarbonyl (C=S) groups is 1. The molecule has 0 atom stereocenters. The van der Waals surface area contributed by atoms with E-state index in [9.17, 15) is 4.79 Å². The van der Waals surface area contributed by atoms with Crippen LogP contribution in [0.4, 0.5) is 0 Å². The summed E-state index contributed by atoms with van der Waals surface area (Å²) in [5, 5.41) is 0. The largest absolute Gasteiger partial charge is 0.393 e. The van der Waals surface area contributed by atoms with Gasteiger partial charge in [0.2, 0.25) is 0 Å².